The van der Waals surface area contributed by atoms with E-state index >= 15 is 0 Å². The number of nitriles is 1. The van der Waals surface area contributed by atoms with Gasteiger partial charge in [0.25, 0.3) is 0 Å². The molecule has 1 N–H and O–H groups in total. The van der Waals surface area contributed by atoms with Gasteiger partial charge in [0.15, 0.2) is 0 Å². The number of hydrogen-bond acceptors (Lipinski definition) is 5. The van der Waals surface area contributed by atoms with Crippen LogP contribution in [0.1, 0.15) is 12.5 Å². The van der Waals surface area contributed by atoms with Crippen molar-refractivity contribution in [3.05, 3.63) is 36.0 Å². The fraction of sp³-hybridized carbons (Fsp3) is 0.444. The first-order chi connectivity index (χ1) is 11.3. The molecule has 0 radical (unpaired) electrons. The lowest BCUT2D eigenvalue weighted by Gasteiger charge is -2.49. The Labute approximate surface area is 136 Å². The molecule has 2 aliphatic rings. The molecule has 2 fully saturated rings. The van der Waals surface area contributed by atoms with Gasteiger partial charge in [0.1, 0.15) is 6.07 Å². The summed E-state index contributed by atoms with van der Waals surface area (Å²) in [4.78, 5) is 9.52. The van der Waals surface area contributed by atoms with E-state index in [1.165, 1.54) is 5.69 Å². The molecular weight excluding hydrogens is 286 g/mol. The van der Waals surface area contributed by atoms with Crippen LogP contribution in [0.5, 0.6) is 0 Å². The van der Waals surface area contributed by atoms with Gasteiger partial charge in [0, 0.05) is 62.1 Å². The van der Waals surface area contributed by atoms with E-state index in [1.807, 2.05) is 12.1 Å². The van der Waals surface area contributed by atoms with E-state index in [9.17, 15) is 5.26 Å². The number of anilines is 1. The first-order valence-electron chi connectivity index (χ1n) is 8.27. The molecule has 0 unspecified atom stereocenters. The normalized spacial score (nSPS) is 25.1. The van der Waals surface area contributed by atoms with Crippen molar-refractivity contribution in [3.63, 3.8) is 0 Å². The van der Waals surface area contributed by atoms with E-state index in [0.717, 1.165) is 43.6 Å². The average molecular weight is 307 g/mol. The number of benzene rings is 1. The molecule has 2 aliphatic heterocycles. The first-order valence-corrected chi connectivity index (χ1v) is 8.27. The largest absolute Gasteiger partial charge is 0.368 e. The van der Waals surface area contributed by atoms with Crippen LogP contribution >= 0.6 is 0 Å². The topological polar surface area (TPSA) is 55.2 Å². The minimum absolute atomic E-state index is 0.540. The van der Waals surface area contributed by atoms with Gasteiger partial charge in [-0.25, -0.2) is 0 Å². The van der Waals surface area contributed by atoms with Gasteiger partial charge in [0.05, 0.1) is 11.1 Å². The Balaban J connectivity index is 1.74. The maximum Gasteiger partial charge on any atom is 0.101 e. The number of rotatable bonds is 1. The van der Waals surface area contributed by atoms with Gasteiger partial charge in [-0.3, -0.25) is 9.88 Å². The summed E-state index contributed by atoms with van der Waals surface area (Å²) < 4.78 is 0. The Morgan fingerprint density at radius 1 is 1.30 bits per heavy atom. The Kier molecular flexibility index (Phi) is 3.64. The van der Waals surface area contributed by atoms with Crippen molar-refractivity contribution in [1.29, 1.82) is 5.26 Å². The van der Waals surface area contributed by atoms with Crippen molar-refractivity contribution in [1.82, 2.24) is 15.2 Å². The lowest BCUT2D eigenvalue weighted by Crippen LogP contribution is -2.64. The van der Waals surface area contributed by atoms with Crippen molar-refractivity contribution in [2.45, 2.75) is 19.0 Å². The molecule has 2 aromatic rings. The molecule has 2 atom stereocenters. The Bertz CT molecular complexity index is 766. The second-order valence-electron chi connectivity index (χ2n) is 6.49. The van der Waals surface area contributed by atoms with E-state index in [0.29, 0.717) is 17.6 Å². The standard InChI is InChI=1S/C18H21N5/c1-13-11-22(12-15-10-20-7-8-23(13)15)17-5-4-14(9-19)18-16(17)3-2-6-21-18/h2-6,13,15,20H,7-8,10-12H2,1H3/t13-,15-/m0/s1. The lowest BCUT2D eigenvalue weighted by molar-refractivity contribution is 0.0971. The molecule has 1 aromatic heterocycles. The second kappa shape index (κ2) is 5.80. The van der Waals surface area contributed by atoms with Crippen molar-refractivity contribution in [3.8, 4) is 6.07 Å². The highest BCUT2D eigenvalue weighted by Crippen LogP contribution is 2.31. The third-order valence-electron chi connectivity index (χ3n) is 5.09. The van der Waals surface area contributed by atoms with Gasteiger partial charge in [-0.2, -0.15) is 5.26 Å². The number of nitrogens with one attached hydrogen (secondary N) is 1. The number of aromatic nitrogens is 1. The number of fused-ring (bicyclic) bond motifs is 2. The molecule has 0 amide bonds. The number of pyridine rings is 1. The Morgan fingerprint density at radius 3 is 3.09 bits per heavy atom. The van der Waals surface area contributed by atoms with Crippen molar-refractivity contribution in [2.24, 2.45) is 0 Å². The van der Waals surface area contributed by atoms with Gasteiger partial charge in [-0.1, -0.05) is 0 Å². The summed E-state index contributed by atoms with van der Waals surface area (Å²) in [6, 6.07) is 11.4. The Hall–Kier alpha value is -2.16. The third-order valence-corrected chi connectivity index (χ3v) is 5.09. The predicted molar refractivity (Wildman–Crippen MR) is 91.5 cm³/mol. The monoisotopic (exact) mass is 307 g/mol. The van der Waals surface area contributed by atoms with Crippen molar-refractivity contribution in [2.75, 3.05) is 37.6 Å². The number of nitrogens with zero attached hydrogens (tertiary/aromatic N) is 4. The van der Waals surface area contributed by atoms with Gasteiger partial charge in [0.2, 0.25) is 0 Å². The molecule has 0 saturated carbocycles. The van der Waals surface area contributed by atoms with E-state index in [4.69, 9.17) is 0 Å². The summed E-state index contributed by atoms with van der Waals surface area (Å²) in [5.74, 6) is 0. The highest BCUT2D eigenvalue weighted by Gasteiger charge is 2.34. The minimum Gasteiger partial charge on any atom is -0.368 e. The van der Waals surface area contributed by atoms with E-state index in [2.05, 4.69) is 45.2 Å². The van der Waals surface area contributed by atoms with Crippen LogP contribution < -0.4 is 10.2 Å². The molecule has 4 rings (SSSR count). The molecule has 0 bridgehead atoms. The summed E-state index contributed by atoms with van der Waals surface area (Å²) in [7, 11) is 0. The fourth-order valence-corrected chi connectivity index (χ4v) is 4.00. The van der Waals surface area contributed by atoms with E-state index < -0.39 is 0 Å². The molecule has 23 heavy (non-hydrogen) atoms. The highest BCUT2D eigenvalue weighted by molar-refractivity contribution is 5.95. The maximum absolute atomic E-state index is 9.31. The van der Waals surface area contributed by atoms with Gasteiger partial charge in [-0.05, 0) is 31.2 Å². The average Bonchev–Trinajstić information content (AvgIpc) is 2.60. The van der Waals surface area contributed by atoms with Crippen LogP contribution in [-0.2, 0) is 0 Å². The van der Waals surface area contributed by atoms with E-state index in [1.54, 1.807) is 6.20 Å². The number of piperazine rings is 2. The van der Waals surface area contributed by atoms with E-state index in [-0.39, 0.29) is 0 Å². The second-order valence-corrected chi connectivity index (χ2v) is 6.49. The quantitative estimate of drug-likeness (QED) is 0.867. The van der Waals surface area contributed by atoms with Crippen LogP contribution in [0, 0.1) is 11.3 Å². The molecule has 5 nitrogen and oxygen atoms in total. The molecule has 118 valence electrons. The highest BCUT2D eigenvalue weighted by atomic mass is 15.3. The van der Waals surface area contributed by atoms with Crippen LogP contribution in [0.25, 0.3) is 10.9 Å². The fourth-order valence-electron chi connectivity index (χ4n) is 4.00. The van der Waals surface area contributed by atoms with Crippen molar-refractivity contribution < 1.29 is 0 Å². The smallest absolute Gasteiger partial charge is 0.101 e. The van der Waals surface area contributed by atoms with Crippen LogP contribution in [0.3, 0.4) is 0 Å². The van der Waals surface area contributed by atoms with Gasteiger partial charge < -0.3 is 10.2 Å². The summed E-state index contributed by atoms with van der Waals surface area (Å²) in [5.41, 5.74) is 2.66. The third kappa shape index (κ3) is 2.44. The van der Waals surface area contributed by atoms with Crippen LogP contribution in [0.15, 0.2) is 30.5 Å². The molecule has 2 saturated heterocycles. The molecular formula is C18H21N5. The van der Waals surface area contributed by atoms with Crippen molar-refractivity contribution >= 4 is 16.6 Å². The minimum atomic E-state index is 0.540. The van der Waals surface area contributed by atoms with Crippen LogP contribution in [-0.4, -0.2) is 54.7 Å². The molecule has 0 aliphatic carbocycles. The molecule has 5 heteroatoms. The summed E-state index contributed by atoms with van der Waals surface area (Å²) in [6.45, 7) is 7.63. The zero-order valence-electron chi connectivity index (χ0n) is 13.4. The summed E-state index contributed by atoms with van der Waals surface area (Å²) in [5, 5.41) is 13.9. The molecule has 0 spiro atoms. The SMILES string of the molecule is C[C@H]1CN(c2ccc(C#N)c3ncccc23)C[C@@H]2CNCCN21. The zero-order chi connectivity index (χ0) is 15.8. The molecule has 1 aromatic carbocycles. The van der Waals surface area contributed by atoms with Crippen LogP contribution in [0.2, 0.25) is 0 Å². The predicted octanol–water partition coefficient (Wildman–Crippen LogP) is 1.59. The number of hydrogen-bond donors (Lipinski definition) is 1. The maximum atomic E-state index is 9.31. The van der Waals surface area contributed by atoms with Gasteiger partial charge in [-0.15, -0.1) is 0 Å². The van der Waals surface area contributed by atoms with Gasteiger partial charge >= 0.3 is 0 Å². The Morgan fingerprint density at radius 2 is 2.22 bits per heavy atom. The van der Waals surface area contributed by atoms with Crippen LogP contribution in [0.4, 0.5) is 5.69 Å². The zero-order valence-corrected chi connectivity index (χ0v) is 13.4. The lowest BCUT2D eigenvalue weighted by atomic mass is 10.0. The molecule has 3 heterocycles. The first kappa shape index (κ1) is 14.4. The summed E-state index contributed by atoms with van der Waals surface area (Å²) in [6.07, 6.45) is 1.76. The summed E-state index contributed by atoms with van der Waals surface area (Å²) >= 11 is 0.